The number of anilines is 1. The molecule has 0 bridgehead atoms. The lowest BCUT2D eigenvalue weighted by Crippen LogP contribution is -2.38. The number of aryl methyl sites for hydroxylation is 1. The van der Waals surface area contributed by atoms with Crippen LogP contribution in [0.25, 0.3) is 34.3 Å². The first-order valence-corrected chi connectivity index (χ1v) is 14.8. The van der Waals surface area contributed by atoms with Gasteiger partial charge in [0, 0.05) is 38.3 Å². The number of rotatable bonds is 8. The molecule has 2 aromatic carbocycles. The van der Waals surface area contributed by atoms with Crippen molar-refractivity contribution in [2.75, 3.05) is 11.9 Å². The van der Waals surface area contributed by atoms with E-state index in [1.54, 1.807) is 12.6 Å². The van der Waals surface area contributed by atoms with Gasteiger partial charge in [0.25, 0.3) is 5.56 Å². The van der Waals surface area contributed by atoms with E-state index in [2.05, 4.69) is 34.6 Å². The Morgan fingerprint density at radius 1 is 1.12 bits per heavy atom. The molecule has 0 saturated heterocycles. The van der Waals surface area contributed by atoms with E-state index in [0.29, 0.717) is 39.8 Å². The highest BCUT2D eigenvalue weighted by molar-refractivity contribution is 7.10. The van der Waals surface area contributed by atoms with E-state index in [1.807, 2.05) is 36.4 Å². The highest BCUT2D eigenvalue weighted by Gasteiger charge is 2.23. The van der Waals surface area contributed by atoms with Gasteiger partial charge in [0.2, 0.25) is 0 Å². The van der Waals surface area contributed by atoms with E-state index in [4.69, 9.17) is 27.1 Å². The van der Waals surface area contributed by atoms with Crippen LogP contribution in [0, 0.1) is 5.92 Å². The molecule has 1 atom stereocenters. The van der Waals surface area contributed by atoms with Crippen molar-refractivity contribution in [3.63, 3.8) is 0 Å². The Hall–Kier alpha value is -4.25. The van der Waals surface area contributed by atoms with Gasteiger partial charge in [-0.2, -0.15) is 0 Å². The van der Waals surface area contributed by atoms with Gasteiger partial charge in [0.15, 0.2) is 5.65 Å². The second kappa shape index (κ2) is 11.6. The van der Waals surface area contributed by atoms with Crippen LogP contribution in [-0.4, -0.2) is 25.6 Å². The van der Waals surface area contributed by atoms with Crippen LogP contribution in [0.15, 0.2) is 63.6 Å². The molecule has 3 heterocycles. The van der Waals surface area contributed by atoms with Crippen molar-refractivity contribution >= 4 is 51.9 Å². The van der Waals surface area contributed by atoms with E-state index >= 15 is 0 Å². The third kappa shape index (κ3) is 5.13. The predicted octanol–water partition coefficient (Wildman–Crippen LogP) is 3.14. The molecule has 1 aliphatic rings. The number of nitrogens with two attached hydrogens (primary N) is 1. The first kappa shape index (κ1) is 27.9. The summed E-state index contributed by atoms with van der Waals surface area (Å²) >= 11 is 7.57. The van der Waals surface area contributed by atoms with Crippen LogP contribution in [0.4, 0.5) is 5.82 Å². The van der Waals surface area contributed by atoms with E-state index in [0.717, 1.165) is 21.4 Å². The number of hydrogen-bond acceptors (Lipinski definition) is 8. The molecule has 11 heteroatoms. The standard InChI is InChI=1S/C31H29ClN6O3S/c1-37-29-26(30(39)38(2)31(37)40)25(21-8-5-9-22(13-21)41-16-24-27(32)35-17-42-24)23(14-33)28(36-29)34-15-18-10-11-19-6-3-4-7-20(19)12-18/h3-9,11-13,17-18H,10,14-16,33H2,1-2H3,(H,34,36). The smallest absolute Gasteiger partial charge is 0.332 e. The van der Waals surface area contributed by atoms with Crippen molar-refractivity contribution in [2.45, 2.75) is 19.6 Å². The summed E-state index contributed by atoms with van der Waals surface area (Å²) in [6, 6.07) is 15.8. The Labute approximate surface area is 250 Å². The van der Waals surface area contributed by atoms with Crippen molar-refractivity contribution < 1.29 is 4.74 Å². The Bertz CT molecular complexity index is 2070. The quantitative estimate of drug-likeness (QED) is 0.281. The summed E-state index contributed by atoms with van der Waals surface area (Å²) in [7, 11) is 3.08. The monoisotopic (exact) mass is 600 g/mol. The van der Waals surface area contributed by atoms with Crippen molar-refractivity contribution in [1.82, 2.24) is 19.1 Å². The van der Waals surface area contributed by atoms with Gasteiger partial charge in [-0.25, -0.2) is 14.8 Å². The fourth-order valence-electron chi connectivity index (χ4n) is 5.35. The molecule has 0 aliphatic heterocycles. The Balaban J connectivity index is 1.45. The van der Waals surface area contributed by atoms with E-state index in [-0.39, 0.29) is 24.7 Å². The SMILES string of the molecule is Cn1c(=O)c2c(-c3cccc(OCc4scnc4Cl)c3)c(CN)c(NCC3C=c4ccccc4=CC3)nc2n(C)c1=O. The van der Waals surface area contributed by atoms with E-state index < -0.39 is 11.2 Å². The fraction of sp³-hybridized carbons (Fsp3) is 0.226. The first-order chi connectivity index (χ1) is 20.4. The fourth-order valence-corrected chi connectivity index (χ4v) is 6.21. The average Bonchev–Trinajstić information content (AvgIpc) is 3.44. The molecular weight excluding hydrogens is 572 g/mol. The van der Waals surface area contributed by atoms with Crippen LogP contribution in [0.5, 0.6) is 5.75 Å². The van der Waals surface area contributed by atoms with Gasteiger partial charge in [-0.05, 0) is 40.5 Å². The lowest BCUT2D eigenvalue weighted by atomic mass is 9.95. The number of hydrogen-bond donors (Lipinski definition) is 2. The second-order valence-electron chi connectivity index (χ2n) is 10.2. The largest absolute Gasteiger partial charge is 0.488 e. The van der Waals surface area contributed by atoms with E-state index in [1.165, 1.54) is 33.4 Å². The molecule has 3 N–H and O–H groups in total. The molecule has 1 aliphatic carbocycles. The molecule has 0 saturated carbocycles. The minimum Gasteiger partial charge on any atom is -0.488 e. The van der Waals surface area contributed by atoms with Gasteiger partial charge in [0.1, 0.15) is 23.3 Å². The minimum absolute atomic E-state index is 0.123. The van der Waals surface area contributed by atoms with Gasteiger partial charge in [-0.15, -0.1) is 11.3 Å². The van der Waals surface area contributed by atoms with Crippen molar-refractivity contribution in [3.05, 3.63) is 101 Å². The summed E-state index contributed by atoms with van der Waals surface area (Å²) in [6.45, 7) is 0.986. The van der Waals surface area contributed by atoms with Crippen molar-refractivity contribution in [2.24, 2.45) is 25.7 Å². The topological polar surface area (TPSA) is 117 Å². The molecule has 5 aromatic rings. The van der Waals surface area contributed by atoms with Crippen molar-refractivity contribution in [3.8, 4) is 16.9 Å². The molecule has 42 heavy (non-hydrogen) atoms. The zero-order chi connectivity index (χ0) is 29.4. The summed E-state index contributed by atoms with van der Waals surface area (Å²) in [5.74, 6) is 1.36. The lowest BCUT2D eigenvalue weighted by Gasteiger charge is -2.21. The van der Waals surface area contributed by atoms with Gasteiger partial charge in [-0.3, -0.25) is 13.9 Å². The molecule has 214 valence electrons. The second-order valence-corrected chi connectivity index (χ2v) is 11.5. The minimum atomic E-state index is -0.456. The number of thiazole rings is 1. The van der Waals surface area contributed by atoms with Crippen LogP contribution >= 0.6 is 22.9 Å². The Kier molecular flexibility index (Phi) is 7.68. The molecule has 0 amide bonds. The average molecular weight is 601 g/mol. The number of benzene rings is 2. The third-order valence-electron chi connectivity index (χ3n) is 7.56. The highest BCUT2D eigenvalue weighted by Crippen LogP contribution is 2.35. The number of fused-ring (bicyclic) bond motifs is 2. The summed E-state index contributed by atoms with van der Waals surface area (Å²) in [5.41, 5.74) is 9.44. The van der Waals surface area contributed by atoms with Gasteiger partial charge in [-0.1, -0.05) is 60.2 Å². The summed E-state index contributed by atoms with van der Waals surface area (Å²) in [6.07, 6.45) is 5.38. The molecule has 0 radical (unpaired) electrons. The maximum Gasteiger partial charge on any atom is 0.332 e. The molecule has 9 nitrogen and oxygen atoms in total. The Morgan fingerprint density at radius 3 is 2.69 bits per heavy atom. The lowest BCUT2D eigenvalue weighted by molar-refractivity contribution is 0.310. The van der Waals surface area contributed by atoms with Crippen LogP contribution < -0.4 is 37.5 Å². The number of ether oxygens (including phenoxy) is 1. The number of halogens is 1. The maximum atomic E-state index is 13.6. The van der Waals surface area contributed by atoms with Gasteiger partial charge < -0.3 is 15.8 Å². The maximum absolute atomic E-state index is 13.6. The van der Waals surface area contributed by atoms with Crippen LogP contribution in [-0.2, 0) is 27.2 Å². The molecule has 6 rings (SSSR count). The normalized spacial score (nSPS) is 14.2. The molecule has 3 aromatic heterocycles. The molecule has 1 unspecified atom stereocenters. The summed E-state index contributed by atoms with van der Waals surface area (Å²) in [4.78, 5) is 36.2. The van der Waals surface area contributed by atoms with E-state index in [9.17, 15) is 9.59 Å². The Morgan fingerprint density at radius 2 is 1.93 bits per heavy atom. The number of pyridine rings is 1. The van der Waals surface area contributed by atoms with Crippen LogP contribution in [0.1, 0.15) is 16.9 Å². The highest BCUT2D eigenvalue weighted by atomic mass is 35.5. The summed E-state index contributed by atoms with van der Waals surface area (Å²) < 4.78 is 8.53. The van der Waals surface area contributed by atoms with Gasteiger partial charge >= 0.3 is 5.69 Å². The number of nitrogens with zero attached hydrogens (tertiary/aromatic N) is 4. The van der Waals surface area contributed by atoms with Gasteiger partial charge in [0.05, 0.1) is 15.8 Å². The molecule has 0 fully saturated rings. The third-order valence-corrected chi connectivity index (χ3v) is 8.80. The summed E-state index contributed by atoms with van der Waals surface area (Å²) in [5, 5.41) is 6.66. The predicted molar refractivity (Wildman–Crippen MR) is 168 cm³/mol. The van der Waals surface area contributed by atoms with Crippen LogP contribution in [0.2, 0.25) is 5.15 Å². The zero-order valence-electron chi connectivity index (χ0n) is 23.1. The number of aromatic nitrogens is 4. The van der Waals surface area contributed by atoms with Crippen LogP contribution in [0.3, 0.4) is 0 Å². The van der Waals surface area contributed by atoms with Crippen molar-refractivity contribution in [1.29, 1.82) is 0 Å². The first-order valence-electron chi connectivity index (χ1n) is 13.5. The zero-order valence-corrected chi connectivity index (χ0v) is 24.7. The molecular formula is C31H29ClN6O3S. The number of nitrogens with one attached hydrogen (secondary N) is 1. The molecule has 0 spiro atoms.